The van der Waals surface area contributed by atoms with E-state index in [9.17, 15) is 0 Å². The summed E-state index contributed by atoms with van der Waals surface area (Å²) in [6.07, 6.45) is 1.82. The smallest absolute Gasteiger partial charge is 0.123 e. The zero-order valence-corrected chi connectivity index (χ0v) is 12.8. The van der Waals surface area contributed by atoms with Crippen LogP contribution in [0.25, 0.3) is 0 Å². The van der Waals surface area contributed by atoms with Gasteiger partial charge >= 0.3 is 0 Å². The number of hydrogen-bond acceptors (Lipinski definition) is 3. The molecule has 20 heavy (non-hydrogen) atoms. The van der Waals surface area contributed by atoms with Gasteiger partial charge in [0, 0.05) is 30.9 Å². The fourth-order valence-electron chi connectivity index (χ4n) is 2.55. The van der Waals surface area contributed by atoms with Crippen LogP contribution < -0.4 is 10.1 Å². The van der Waals surface area contributed by atoms with E-state index < -0.39 is 0 Å². The van der Waals surface area contributed by atoms with Crippen LogP contribution >= 0.6 is 0 Å². The van der Waals surface area contributed by atoms with E-state index in [1.54, 1.807) is 7.11 Å². The topological polar surface area (TPSA) is 39.1 Å². The number of hydrogen-bond donors (Lipinski definition) is 1. The third-order valence-electron chi connectivity index (χ3n) is 3.65. The molecule has 2 rings (SSSR count). The molecule has 1 aromatic carbocycles. The van der Waals surface area contributed by atoms with Gasteiger partial charge in [0.15, 0.2) is 0 Å². The van der Waals surface area contributed by atoms with Crippen molar-refractivity contribution in [3.8, 4) is 5.75 Å². The molecule has 0 amide bonds. The fourth-order valence-corrected chi connectivity index (χ4v) is 2.55. The number of ether oxygens (including phenoxy) is 1. The van der Waals surface area contributed by atoms with E-state index in [2.05, 4.69) is 43.3 Å². The Kier molecular flexibility index (Phi) is 4.45. The lowest BCUT2D eigenvalue weighted by atomic mass is 10.0. The third-order valence-corrected chi connectivity index (χ3v) is 3.65. The molecule has 2 unspecified atom stereocenters. The molecule has 0 saturated carbocycles. The summed E-state index contributed by atoms with van der Waals surface area (Å²) in [5.41, 5.74) is 3.59. The largest absolute Gasteiger partial charge is 0.496 e. The van der Waals surface area contributed by atoms with Crippen LogP contribution in [0.4, 0.5) is 0 Å². The summed E-state index contributed by atoms with van der Waals surface area (Å²) in [5.74, 6) is 0.924. The molecule has 1 aromatic heterocycles. The molecule has 0 spiro atoms. The number of aryl methyl sites for hydroxylation is 2. The van der Waals surface area contributed by atoms with Crippen molar-refractivity contribution in [2.45, 2.75) is 32.9 Å². The van der Waals surface area contributed by atoms with Gasteiger partial charge in [0.1, 0.15) is 5.75 Å². The molecule has 0 radical (unpaired) electrons. The predicted molar refractivity (Wildman–Crippen MR) is 80.9 cm³/mol. The van der Waals surface area contributed by atoms with Gasteiger partial charge in [0.25, 0.3) is 0 Å². The monoisotopic (exact) mass is 273 g/mol. The first kappa shape index (κ1) is 14.6. The van der Waals surface area contributed by atoms with Gasteiger partial charge in [-0.25, -0.2) is 0 Å². The zero-order chi connectivity index (χ0) is 14.7. The molecule has 4 heteroatoms. The molecule has 0 aliphatic rings. The van der Waals surface area contributed by atoms with Crippen LogP contribution in [-0.2, 0) is 7.05 Å². The summed E-state index contributed by atoms with van der Waals surface area (Å²) in [4.78, 5) is 0. The van der Waals surface area contributed by atoms with Gasteiger partial charge < -0.3 is 10.1 Å². The Balaban J connectivity index is 2.18. The molecule has 1 heterocycles. The number of aromatic nitrogens is 2. The standard InChI is InChI=1S/C16H23N3O/c1-11-6-7-16(20-5)14(10-11)12(2)18-13(3)15-8-9-17-19(15)4/h6-10,12-13,18H,1-5H3. The maximum Gasteiger partial charge on any atom is 0.123 e. The summed E-state index contributed by atoms with van der Waals surface area (Å²) in [6, 6.07) is 8.74. The maximum absolute atomic E-state index is 5.46. The number of rotatable bonds is 5. The van der Waals surface area contributed by atoms with Crippen molar-refractivity contribution in [3.05, 3.63) is 47.3 Å². The Morgan fingerprint density at radius 3 is 2.55 bits per heavy atom. The molecule has 108 valence electrons. The van der Waals surface area contributed by atoms with E-state index in [0.717, 1.165) is 5.75 Å². The van der Waals surface area contributed by atoms with Crippen molar-refractivity contribution in [1.82, 2.24) is 15.1 Å². The summed E-state index contributed by atoms with van der Waals surface area (Å²) >= 11 is 0. The van der Waals surface area contributed by atoms with Gasteiger partial charge in [-0.1, -0.05) is 17.7 Å². The van der Waals surface area contributed by atoms with Gasteiger partial charge in [-0.3, -0.25) is 4.68 Å². The van der Waals surface area contributed by atoms with Crippen molar-refractivity contribution in [1.29, 1.82) is 0 Å². The lowest BCUT2D eigenvalue weighted by Gasteiger charge is -2.22. The van der Waals surface area contributed by atoms with Crippen LogP contribution in [0.15, 0.2) is 30.5 Å². The van der Waals surface area contributed by atoms with E-state index in [1.807, 2.05) is 30.1 Å². The van der Waals surface area contributed by atoms with Crippen molar-refractivity contribution in [3.63, 3.8) is 0 Å². The summed E-state index contributed by atoms with van der Waals surface area (Å²) < 4.78 is 7.36. The molecule has 4 nitrogen and oxygen atoms in total. The number of nitrogens with one attached hydrogen (secondary N) is 1. The average molecular weight is 273 g/mol. The molecular formula is C16H23N3O. The van der Waals surface area contributed by atoms with Crippen molar-refractivity contribution < 1.29 is 4.74 Å². The molecule has 0 bridgehead atoms. The molecule has 0 saturated heterocycles. The lowest BCUT2D eigenvalue weighted by Crippen LogP contribution is -2.24. The predicted octanol–water partition coefficient (Wildman–Crippen LogP) is 3.15. The second-order valence-corrected chi connectivity index (χ2v) is 5.24. The first-order valence-electron chi connectivity index (χ1n) is 6.91. The second kappa shape index (κ2) is 6.09. The van der Waals surface area contributed by atoms with Crippen LogP contribution in [0.5, 0.6) is 5.75 Å². The molecule has 2 aromatic rings. The highest BCUT2D eigenvalue weighted by Crippen LogP contribution is 2.28. The Morgan fingerprint density at radius 1 is 1.20 bits per heavy atom. The molecule has 1 N–H and O–H groups in total. The summed E-state index contributed by atoms with van der Waals surface area (Å²) in [5, 5.41) is 7.82. The van der Waals surface area contributed by atoms with Gasteiger partial charge in [-0.15, -0.1) is 0 Å². The van der Waals surface area contributed by atoms with Crippen LogP contribution in [0, 0.1) is 6.92 Å². The Labute approximate surface area is 120 Å². The Morgan fingerprint density at radius 2 is 1.95 bits per heavy atom. The average Bonchev–Trinajstić information content (AvgIpc) is 2.85. The van der Waals surface area contributed by atoms with Crippen LogP contribution in [0.3, 0.4) is 0 Å². The van der Waals surface area contributed by atoms with Crippen molar-refractivity contribution >= 4 is 0 Å². The minimum Gasteiger partial charge on any atom is -0.496 e. The second-order valence-electron chi connectivity index (χ2n) is 5.24. The van der Waals surface area contributed by atoms with Gasteiger partial charge in [0.05, 0.1) is 12.8 Å². The van der Waals surface area contributed by atoms with Gasteiger partial charge in [0.2, 0.25) is 0 Å². The van der Waals surface area contributed by atoms with E-state index in [-0.39, 0.29) is 12.1 Å². The van der Waals surface area contributed by atoms with Crippen LogP contribution in [0.2, 0.25) is 0 Å². The number of nitrogens with zero attached hydrogens (tertiary/aromatic N) is 2. The van der Waals surface area contributed by atoms with E-state index in [1.165, 1.54) is 16.8 Å². The molecule has 0 aliphatic carbocycles. The fraction of sp³-hybridized carbons (Fsp3) is 0.438. The number of benzene rings is 1. The van der Waals surface area contributed by atoms with E-state index in [4.69, 9.17) is 4.74 Å². The summed E-state index contributed by atoms with van der Waals surface area (Å²) in [6.45, 7) is 6.40. The Bertz CT molecular complexity index is 577. The first-order valence-corrected chi connectivity index (χ1v) is 6.91. The number of methoxy groups -OCH3 is 1. The van der Waals surface area contributed by atoms with E-state index in [0.29, 0.717) is 0 Å². The third kappa shape index (κ3) is 3.02. The highest BCUT2D eigenvalue weighted by molar-refractivity contribution is 5.39. The van der Waals surface area contributed by atoms with Crippen LogP contribution in [-0.4, -0.2) is 16.9 Å². The van der Waals surface area contributed by atoms with Crippen molar-refractivity contribution in [2.75, 3.05) is 7.11 Å². The highest BCUT2D eigenvalue weighted by atomic mass is 16.5. The van der Waals surface area contributed by atoms with E-state index >= 15 is 0 Å². The maximum atomic E-state index is 5.46. The Hall–Kier alpha value is -1.81. The van der Waals surface area contributed by atoms with Gasteiger partial charge in [-0.05, 0) is 32.9 Å². The summed E-state index contributed by atoms with van der Waals surface area (Å²) in [7, 11) is 3.68. The molecule has 0 fully saturated rings. The van der Waals surface area contributed by atoms with Crippen LogP contribution in [0.1, 0.15) is 42.8 Å². The zero-order valence-electron chi connectivity index (χ0n) is 12.8. The SMILES string of the molecule is COc1ccc(C)cc1C(C)NC(C)c1ccnn1C. The van der Waals surface area contributed by atoms with Gasteiger partial charge in [-0.2, -0.15) is 5.10 Å². The molecule has 0 aliphatic heterocycles. The lowest BCUT2D eigenvalue weighted by molar-refractivity contribution is 0.394. The minimum absolute atomic E-state index is 0.203. The first-order chi connectivity index (χ1) is 9.52. The molecular weight excluding hydrogens is 250 g/mol. The quantitative estimate of drug-likeness (QED) is 0.909. The molecule has 2 atom stereocenters. The van der Waals surface area contributed by atoms with Crippen molar-refractivity contribution in [2.24, 2.45) is 7.05 Å². The normalized spacial score (nSPS) is 14.1. The highest BCUT2D eigenvalue weighted by Gasteiger charge is 2.16. The minimum atomic E-state index is 0.203.